The normalized spacial score (nSPS) is 13.6. The molecule has 7 heteroatoms. The molecule has 0 radical (unpaired) electrons. The summed E-state index contributed by atoms with van der Waals surface area (Å²) in [6.45, 7) is 6.92. The lowest BCUT2D eigenvalue weighted by atomic mass is 10.2. The van der Waals surface area contributed by atoms with Gasteiger partial charge >= 0.3 is 0 Å². The number of hydrogen-bond acceptors (Lipinski definition) is 3. The lowest BCUT2D eigenvalue weighted by Crippen LogP contribution is -2.37. The summed E-state index contributed by atoms with van der Waals surface area (Å²) in [4.78, 5) is 0. The topological polar surface area (TPSA) is 58.2 Å². The number of sulfonamides is 1. The molecule has 1 aromatic carbocycles. The van der Waals surface area contributed by atoms with E-state index in [4.69, 9.17) is 0 Å². The molecule has 1 unspecified atom stereocenters. The van der Waals surface area contributed by atoms with E-state index >= 15 is 0 Å². The van der Waals surface area contributed by atoms with Gasteiger partial charge in [-0.1, -0.05) is 13.8 Å². The SMILES string of the molecule is Cc1cc(F)c(NS(=O)(=O)C(C)CNC(C)C)cc1F. The van der Waals surface area contributed by atoms with E-state index in [0.717, 1.165) is 12.1 Å². The summed E-state index contributed by atoms with van der Waals surface area (Å²) in [7, 11) is -3.78. The van der Waals surface area contributed by atoms with E-state index in [1.54, 1.807) is 0 Å². The zero-order chi connectivity index (χ0) is 15.5. The fourth-order valence-electron chi connectivity index (χ4n) is 1.49. The van der Waals surface area contributed by atoms with Gasteiger partial charge in [0.25, 0.3) is 0 Å². The number of anilines is 1. The minimum absolute atomic E-state index is 0.125. The Labute approximate surface area is 118 Å². The molecular weight excluding hydrogens is 286 g/mol. The van der Waals surface area contributed by atoms with Crippen LogP contribution in [-0.2, 0) is 10.0 Å². The fraction of sp³-hybridized carbons (Fsp3) is 0.538. The molecule has 0 amide bonds. The van der Waals surface area contributed by atoms with Crippen LogP contribution in [0.2, 0.25) is 0 Å². The smallest absolute Gasteiger partial charge is 0.236 e. The summed E-state index contributed by atoms with van der Waals surface area (Å²) in [5.41, 5.74) is -0.246. The van der Waals surface area contributed by atoms with Crippen molar-refractivity contribution in [2.45, 2.75) is 39.0 Å². The highest BCUT2D eigenvalue weighted by molar-refractivity contribution is 7.93. The second-order valence-electron chi connectivity index (χ2n) is 5.10. The number of nitrogens with one attached hydrogen (secondary N) is 2. The van der Waals surface area contributed by atoms with E-state index in [-0.39, 0.29) is 23.8 Å². The van der Waals surface area contributed by atoms with Crippen LogP contribution in [0.25, 0.3) is 0 Å². The summed E-state index contributed by atoms with van der Waals surface area (Å²) in [5.74, 6) is -1.45. The van der Waals surface area contributed by atoms with Gasteiger partial charge in [-0.25, -0.2) is 17.2 Å². The lowest BCUT2D eigenvalue weighted by Gasteiger charge is -2.17. The first-order valence-corrected chi connectivity index (χ1v) is 7.88. The van der Waals surface area contributed by atoms with Crippen molar-refractivity contribution in [3.8, 4) is 0 Å². The Bertz CT molecular complexity index is 574. The Kier molecular flexibility index (Phi) is 5.47. The first-order valence-electron chi connectivity index (χ1n) is 6.34. The molecule has 0 heterocycles. The van der Waals surface area contributed by atoms with Crippen LogP contribution in [0.5, 0.6) is 0 Å². The quantitative estimate of drug-likeness (QED) is 0.848. The first-order chi connectivity index (χ1) is 9.13. The molecule has 1 atom stereocenters. The Morgan fingerprint density at radius 2 is 1.75 bits per heavy atom. The van der Waals surface area contributed by atoms with E-state index in [9.17, 15) is 17.2 Å². The van der Waals surface area contributed by atoms with Crippen LogP contribution in [0.3, 0.4) is 0 Å². The molecule has 114 valence electrons. The Hall–Kier alpha value is -1.21. The van der Waals surface area contributed by atoms with Gasteiger partial charge in [0.2, 0.25) is 10.0 Å². The van der Waals surface area contributed by atoms with Gasteiger partial charge in [-0.15, -0.1) is 0 Å². The summed E-state index contributed by atoms with van der Waals surface area (Å²) >= 11 is 0. The zero-order valence-electron chi connectivity index (χ0n) is 12.0. The Morgan fingerprint density at radius 1 is 1.15 bits per heavy atom. The summed E-state index contributed by atoms with van der Waals surface area (Å²) in [6, 6.07) is 1.95. The number of rotatable bonds is 6. The van der Waals surface area contributed by atoms with Gasteiger partial charge in [-0.05, 0) is 25.5 Å². The van der Waals surface area contributed by atoms with Gasteiger partial charge in [-0.2, -0.15) is 0 Å². The third-order valence-electron chi connectivity index (χ3n) is 2.84. The van der Waals surface area contributed by atoms with Crippen molar-refractivity contribution < 1.29 is 17.2 Å². The van der Waals surface area contributed by atoms with E-state index in [2.05, 4.69) is 10.0 Å². The molecule has 0 spiro atoms. The molecule has 2 N–H and O–H groups in total. The van der Waals surface area contributed by atoms with Crippen LogP contribution in [0.15, 0.2) is 12.1 Å². The molecule has 0 fully saturated rings. The standard InChI is InChI=1S/C13H20F2N2O2S/c1-8(2)16-7-10(4)20(18,19)17-13-6-11(14)9(3)5-12(13)15/h5-6,8,10,16-17H,7H2,1-4H3. The third kappa shape index (κ3) is 4.42. The molecule has 0 aliphatic carbocycles. The van der Waals surface area contributed by atoms with Crippen molar-refractivity contribution in [2.75, 3.05) is 11.3 Å². The number of benzene rings is 1. The predicted molar refractivity (Wildman–Crippen MR) is 76.2 cm³/mol. The van der Waals surface area contributed by atoms with E-state index in [1.165, 1.54) is 13.8 Å². The monoisotopic (exact) mass is 306 g/mol. The molecule has 0 saturated carbocycles. The molecule has 0 aromatic heterocycles. The van der Waals surface area contributed by atoms with Crippen molar-refractivity contribution in [1.29, 1.82) is 0 Å². The second-order valence-corrected chi connectivity index (χ2v) is 7.20. The average Bonchev–Trinajstić information content (AvgIpc) is 2.32. The fourth-order valence-corrected chi connectivity index (χ4v) is 2.47. The largest absolute Gasteiger partial charge is 0.313 e. The van der Waals surface area contributed by atoms with Crippen LogP contribution in [0.1, 0.15) is 26.3 Å². The third-order valence-corrected chi connectivity index (χ3v) is 4.57. The number of aryl methyl sites for hydroxylation is 1. The lowest BCUT2D eigenvalue weighted by molar-refractivity contribution is 0.552. The minimum Gasteiger partial charge on any atom is -0.313 e. The molecule has 20 heavy (non-hydrogen) atoms. The van der Waals surface area contributed by atoms with Crippen LogP contribution in [-0.4, -0.2) is 26.3 Å². The van der Waals surface area contributed by atoms with Crippen molar-refractivity contribution >= 4 is 15.7 Å². The second kappa shape index (κ2) is 6.49. The number of hydrogen-bond donors (Lipinski definition) is 2. The Balaban J connectivity index is 2.88. The molecule has 4 nitrogen and oxygen atoms in total. The van der Waals surface area contributed by atoms with Gasteiger partial charge in [0.15, 0.2) is 0 Å². The van der Waals surface area contributed by atoms with Crippen molar-refractivity contribution in [1.82, 2.24) is 5.32 Å². The van der Waals surface area contributed by atoms with Gasteiger partial charge in [-0.3, -0.25) is 4.72 Å². The highest BCUT2D eigenvalue weighted by Gasteiger charge is 2.22. The van der Waals surface area contributed by atoms with E-state index < -0.39 is 26.9 Å². The zero-order valence-corrected chi connectivity index (χ0v) is 12.8. The number of halogens is 2. The van der Waals surface area contributed by atoms with Crippen molar-refractivity contribution in [3.05, 3.63) is 29.3 Å². The summed E-state index contributed by atoms with van der Waals surface area (Å²) in [5, 5.41) is 2.22. The van der Waals surface area contributed by atoms with Gasteiger partial charge in [0.1, 0.15) is 11.6 Å². The maximum absolute atomic E-state index is 13.6. The minimum atomic E-state index is -3.78. The summed E-state index contributed by atoms with van der Waals surface area (Å²) < 4.78 is 53.1. The molecule has 0 saturated heterocycles. The summed E-state index contributed by atoms with van der Waals surface area (Å²) in [6.07, 6.45) is 0. The van der Waals surface area contributed by atoms with E-state index in [1.807, 2.05) is 13.8 Å². The highest BCUT2D eigenvalue weighted by atomic mass is 32.2. The van der Waals surface area contributed by atoms with Gasteiger partial charge in [0, 0.05) is 18.7 Å². The average molecular weight is 306 g/mol. The maximum Gasteiger partial charge on any atom is 0.236 e. The predicted octanol–water partition coefficient (Wildman–Crippen LogP) is 2.40. The molecule has 1 rings (SSSR count). The van der Waals surface area contributed by atoms with Crippen molar-refractivity contribution in [3.63, 3.8) is 0 Å². The first kappa shape index (κ1) is 16.8. The van der Waals surface area contributed by atoms with Crippen LogP contribution in [0, 0.1) is 18.6 Å². The van der Waals surface area contributed by atoms with E-state index in [0.29, 0.717) is 0 Å². The van der Waals surface area contributed by atoms with Gasteiger partial charge in [0.05, 0.1) is 10.9 Å². The molecule has 0 bridgehead atoms. The highest BCUT2D eigenvalue weighted by Crippen LogP contribution is 2.20. The maximum atomic E-state index is 13.6. The molecule has 1 aromatic rings. The van der Waals surface area contributed by atoms with Crippen LogP contribution in [0.4, 0.5) is 14.5 Å². The Morgan fingerprint density at radius 3 is 2.30 bits per heavy atom. The molecule has 0 aliphatic rings. The van der Waals surface area contributed by atoms with Crippen molar-refractivity contribution in [2.24, 2.45) is 0 Å². The van der Waals surface area contributed by atoms with Gasteiger partial charge < -0.3 is 5.32 Å². The van der Waals surface area contributed by atoms with Crippen LogP contribution < -0.4 is 10.0 Å². The van der Waals surface area contributed by atoms with Crippen LogP contribution >= 0.6 is 0 Å². The molecule has 0 aliphatic heterocycles. The molecular formula is C13H20F2N2O2S.